The van der Waals surface area contributed by atoms with E-state index in [4.69, 9.17) is 4.74 Å². The maximum Gasteiger partial charge on any atom is 0.340 e. The van der Waals surface area contributed by atoms with Gasteiger partial charge in [-0.2, -0.15) is 0 Å². The second kappa shape index (κ2) is 6.29. The normalized spacial score (nSPS) is 16.8. The predicted molar refractivity (Wildman–Crippen MR) is 96.6 cm³/mol. The lowest BCUT2D eigenvalue weighted by atomic mass is 9.90. The highest BCUT2D eigenvalue weighted by Gasteiger charge is 2.36. The number of hydrogen-bond donors (Lipinski definition) is 1. The van der Waals surface area contributed by atoms with Gasteiger partial charge in [-0.15, -0.1) is 0 Å². The van der Waals surface area contributed by atoms with Crippen molar-refractivity contribution in [3.05, 3.63) is 102 Å². The molecule has 0 spiro atoms. The quantitative estimate of drug-likeness (QED) is 0.715. The summed E-state index contributed by atoms with van der Waals surface area (Å²) in [6.07, 6.45) is -0.495. The van der Waals surface area contributed by atoms with E-state index in [1.165, 1.54) is 0 Å². The molecule has 1 N–H and O–H groups in total. The van der Waals surface area contributed by atoms with Crippen LogP contribution >= 0.6 is 0 Å². The third-order valence-corrected chi connectivity index (χ3v) is 4.30. The summed E-state index contributed by atoms with van der Waals surface area (Å²) >= 11 is 0. The minimum atomic E-state index is -0.495. The number of cyclic esters (lactones) is 1. The number of benzene rings is 3. The molecule has 3 nitrogen and oxygen atoms in total. The Kier molecular flexibility index (Phi) is 3.82. The lowest BCUT2D eigenvalue weighted by Gasteiger charge is -2.15. The monoisotopic (exact) mass is 328 g/mol. The molecule has 1 unspecified atom stereocenters. The number of carbonyl (C=O) groups is 1. The average molecular weight is 328 g/mol. The van der Waals surface area contributed by atoms with E-state index in [1.54, 1.807) is 24.3 Å². The van der Waals surface area contributed by atoms with E-state index < -0.39 is 6.10 Å². The summed E-state index contributed by atoms with van der Waals surface area (Å²) in [5, 5.41) is 9.54. The first-order valence-electron chi connectivity index (χ1n) is 8.09. The van der Waals surface area contributed by atoms with Crippen molar-refractivity contribution in [3.8, 4) is 5.75 Å². The van der Waals surface area contributed by atoms with E-state index in [0.29, 0.717) is 5.57 Å². The fraction of sp³-hybridized carbons (Fsp3) is 0.0455. The molecular weight excluding hydrogens is 312 g/mol. The highest BCUT2D eigenvalue weighted by atomic mass is 16.5. The van der Waals surface area contributed by atoms with Gasteiger partial charge in [0.1, 0.15) is 5.75 Å². The fourth-order valence-corrected chi connectivity index (χ4v) is 3.14. The topological polar surface area (TPSA) is 46.5 Å². The summed E-state index contributed by atoms with van der Waals surface area (Å²) in [6, 6.07) is 26.1. The van der Waals surface area contributed by atoms with E-state index in [2.05, 4.69) is 0 Å². The maximum atomic E-state index is 12.7. The van der Waals surface area contributed by atoms with Crippen LogP contribution in [-0.4, -0.2) is 11.1 Å². The average Bonchev–Trinajstić information content (AvgIpc) is 3.01. The molecule has 0 radical (unpaired) electrons. The van der Waals surface area contributed by atoms with Crippen LogP contribution in [0.5, 0.6) is 5.75 Å². The van der Waals surface area contributed by atoms with Gasteiger partial charge in [0.25, 0.3) is 0 Å². The zero-order valence-corrected chi connectivity index (χ0v) is 13.4. The van der Waals surface area contributed by atoms with Gasteiger partial charge in [0.15, 0.2) is 6.10 Å². The van der Waals surface area contributed by atoms with Crippen molar-refractivity contribution in [2.75, 3.05) is 0 Å². The van der Waals surface area contributed by atoms with Crippen LogP contribution < -0.4 is 0 Å². The second-order valence-electron chi connectivity index (χ2n) is 5.90. The molecule has 122 valence electrons. The van der Waals surface area contributed by atoms with Crippen molar-refractivity contribution in [2.24, 2.45) is 0 Å². The summed E-state index contributed by atoms with van der Waals surface area (Å²) < 4.78 is 5.73. The van der Waals surface area contributed by atoms with Crippen molar-refractivity contribution in [2.45, 2.75) is 6.10 Å². The Balaban J connectivity index is 1.93. The Hall–Kier alpha value is -3.33. The molecule has 0 saturated heterocycles. The van der Waals surface area contributed by atoms with Gasteiger partial charge in [-0.3, -0.25) is 0 Å². The summed E-state index contributed by atoms with van der Waals surface area (Å²) in [5.41, 5.74) is 4.06. The Morgan fingerprint density at radius 2 is 1.28 bits per heavy atom. The molecule has 0 fully saturated rings. The Bertz CT molecular complexity index is 926. The zero-order valence-electron chi connectivity index (χ0n) is 13.4. The van der Waals surface area contributed by atoms with Crippen molar-refractivity contribution in [1.82, 2.24) is 0 Å². The van der Waals surface area contributed by atoms with Crippen molar-refractivity contribution < 1.29 is 14.6 Å². The first-order valence-corrected chi connectivity index (χ1v) is 8.09. The number of phenolic OH excluding ortho intramolecular Hbond substituents is 1. The molecular formula is C22H16O3. The standard InChI is InChI=1S/C22H16O3/c23-18-13-11-17(12-14-18)21-19(15-7-3-1-4-8-15)20(22(24)25-21)16-9-5-2-6-10-16/h1-14,21,23H. The maximum absolute atomic E-state index is 12.7. The summed E-state index contributed by atoms with van der Waals surface area (Å²) in [5.74, 6) is -0.148. The molecule has 4 rings (SSSR count). The lowest BCUT2D eigenvalue weighted by molar-refractivity contribution is -0.137. The van der Waals surface area contributed by atoms with Gasteiger partial charge in [-0.05, 0) is 28.8 Å². The molecule has 1 aliphatic heterocycles. The van der Waals surface area contributed by atoms with Gasteiger partial charge in [0.05, 0.1) is 5.57 Å². The van der Waals surface area contributed by atoms with Gasteiger partial charge in [-0.25, -0.2) is 4.79 Å². The van der Waals surface area contributed by atoms with Crippen molar-refractivity contribution in [3.63, 3.8) is 0 Å². The number of rotatable bonds is 3. The van der Waals surface area contributed by atoms with Crippen LogP contribution in [0.4, 0.5) is 0 Å². The SMILES string of the molecule is O=C1OC(c2ccc(O)cc2)C(c2ccccc2)=C1c1ccccc1. The van der Waals surface area contributed by atoms with Crippen LogP contribution in [-0.2, 0) is 9.53 Å². The largest absolute Gasteiger partial charge is 0.508 e. The third kappa shape index (κ3) is 2.81. The number of hydrogen-bond acceptors (Lipinski definition) is 3. The lowest BCUT2D eigenvalue weighted by Crippen LogP contribution is -2.03. The molecule has 0 aromatic heterocycles. The highest BCUT2D eigenvalue weighted by Crippen LogP contribution is 2.45. The van der Waals surface area contributed by atoms with Gasteiger partial charge in [-0.1, -0.05) is 72.8 Å². The van der Waals surface area contributed by atoms with Crippen LogP contribution in [0.1, 0.15) is 22.8 Å². The summed E-state index contributed by atoms with van der Waals surface area (Å²) in [4.78, 5) is 12.7. The van der Waals surface area contributed by atoms with Crippen molar-refractivity contribution in [1.29, 1.82) is 0 Å². The first kappa shape index (κ1) is 15.2. The molecule has 3 heteroatoms. The number of carbonyl (C=O) groups excluding carboxylic acids is 1. The molecule has 3 aromatic rings. The van der Waals surface area contributed by atoms with E-state index in [9.17, 15) is 9.90 Å². The van der Waals surface area contributed by atoms with E-state index >= 15 is 0 Å². The van der Waals surface area contributed by atoms with Crippen molar-refractivity contribution >= 4 is 17.1 Å². The van der Waals surface area contributed by atoms with E-state index in [0.717, 1.165) is 22.3 Å². The molecule has 25 heavy (non-hydrogen) atoms. The Labute approximate surface area is 145 Å². The van der Waals surface area contributed by atoms with Crippen LogP contribution in [0.15, 0.2) is 84.9 Å². The molecule has 1 aliphatic rings. The van der Waals surface area contributed by atoms with Gasteiger partial charge in [0.2, 0.25) is 0 Å². The first-order chi connectivity index (χ1) is 12.2. The van der Waals surface area contributed by atoms with E-state index in [-0.39, 0.29) is 11.7 Å². The smallest absolute Gasteiger partial charge is 0.340 e. The Morgan fingerprint density at radius 3 is 1.88 bits per heavy atom. The van der Waals surface area contributed by atoms with Gasteiger partial charge < -0.3 is 9.84 Å². The highest BCUT2D eigenvalue weighted by molar-refractivity contribution is 6.28. The number of esters is 1. The molecule has 0 aliphatic carbocycles. The second-order valence-corrected chi connectivity index (χ2v) is 5.90. The summed E-state index contributed by atoms with van der Waals surface area (Å²) in [6.45, 7) is 0. The molecule has 3 aromatic carbocycles. The molecule has 1 heterocycles. The molecule has 0 amide bonds. The van der Waals surface area contributed by atoms with E-state index in [1.807, 2.05) is 60.7 Å². The number of ether oxygens (including phenoxy) is 1. The minimum Gasteiger partial charge on any atom is -0.508 e. The molecule has 1 atom stereocenters. The van der Waals surface area contributed by atoms with Crippen LogP contribution in [0, 0.1) is 0 Å². The number of phenols is 1. The van der Waals surface area contributed by atoms with Crippen LogP contribution in [0.3, 0.4) is 0 Å². The predicted octanol–water partition coefficient (Wildman–Crippen LogP) is 4.60. The Morgan fingerprint density at radius 1 is 0.720 bits per heavy atom. The van der Waals surface area contributed by atoms with Crippen LogP contribution in [0.25, 0.3) is 11.1 Å². The summed E-state index contributed by atoms with van der Waals surface area (Å²) in [7, 11) is 0. The third-order valence-electron chi connectivity index (χ3n) is 4.30. The fourth-order valence-electron chi connectivity index (χ4n) is 3.14. The van der Waals surface area contributed by atoms with Crippen LogP contribution in [0.2, 0.25) is 0 Å². The number of aromatic hydroxyl groups is 1. The zero-order chi connectivity index (χ0) is 17.2. The van der Waals surface area contributed by atoms with Gasteiger partial charge >= 0.3 is 5.97 Å². The molecule has 0 saturated carbocycles. The van der Waals surface area contributed by atoms with Gasteiger partial charge in [0, 0.05) is 5.57 Å². The minimum absolute atomic E-state index is 0.182. The molecule has 0 bridgehead atoms.